The average Bonchev–Trinajstić information content (AvgIpc) is 2.44. The second-order valence-corrected chi connectivity index (χ2v) is 7.71. The van der Waals surface area contributed by atoms with Gasteiger partial charge in [-0.1, -0.05) is 23.7 Å². The molecule has 4 heteroatoms. The van der Waals surface area contributed by atoms with Crippen molar-refractivity contribution >= 4 is 17.6 Å². The summed E-state index contributed by atoms with van der Waals surface area (Å²) in [5, 5.41) is 10.3. The largest absolute Gasteiger partial charge is 0.481 e. The fraction of sp³-hybridized carbons (Fsp3) is 0.588. The van der Waals surface area contributed by atoms with Crippen LogP contribution in [0.1, 0.15) is 37.7 Å². The van der Waals surface area contributed by atoms with Gasteiger partial charge in [0.1, 0.15) is 11.6 Å². The molecule has 0 radical (unpaired) electrons. The van der Waals surface area contributed by atoms with Gasteiger partial charge in [-0.05, 0) is 61.6 Å². The molecule has 3 atom stereocenters. The van der Waals surface area contributed by atoms with Gasteiger partial charge in [0.2, 0.25) is 0 Å². The van der Waals surface area contributed by atoms with Gasteiger partial charge >= 0.3 is 5.97 Å². The van der Waals surface area contributed by atoms with Crippen molar-refractivity contribution in [3.05, 3.63) is 34.9 Å². The molecular weight excluding hydrogens is 291 g/mol. The van der Waals surface area contributed by atoms with E-state index in [1.54, 1.807) is 12.1 Å². The normalized spacial score (nSPS) is 44.0. The van der Waals surface area contributed by atoms with Crippen LogP contribution in [0.2, 0.25) is 5.02 Å². The van der Waals surface area contributed by atoms with E-state index in [9.17, 15) is 9.90 Å². The molecule has 0 spiro atoms. The van der Waals surface area contributed by atoms with E-state index in [2.05, 4.69) is 0 Å². The summed E-state index contributed by atoms with van der Waals surface area (Å²) in [5.74, 6) is -0.255. The highest BCUT2D eigenvalue weighted by Crippen LogP contribution is 2.66. The molecule has 1 aromatic rings. The molecule has 21 heavy (non-hydrogen) atoms. The monoisotopic (exact) mass is 308 g/mol. The number of carboxylic acids is 1. The minimum atomic E-state index is -1.29. The van der Waals surface area contributed by atoms with Crippen LogP contribution < -0.4 is 0 Å². The fourth-order valence-corrected chi connectivity index (χ4v) is 5.69. The number of alkyl halides is 1. The Balaban J connectivity index is 1.85. The van der Waals surface area contributed by atoms with Crippen molar-refractivity contribution in [3.63, 3.8) is 0 Å². The van der Waals surface area contributed by atoms with Crippen LogP contribution in [0.3, 0.4) is 0 Å². The highest BCUT2D eigenvalue weighted by Gasteiger charge is 2.68. The van der Waals surface area contributed by atoms with Crippen LogP contribution in [-0.2, 0) is 10.2 Å². The number of rotatable bonds is 2. The standard InChI is InChI=1S/C17H18ClFO2/c18-13-3-1-12(2-4-13)16-6-10-5-11(7-16)9-17(8-10,14(16)19)15(20)21/h1-4,10-11,14H,5-9H2,(H,20,21). The molecule has 3 unspecified atom stereocenters. The zero-order chi connectivity index (χ0) is 14.8. The molecule has 5 rings (SSSR count). The molecule has 4 saturated carbocycles. The van der Waals surface area contributed by atoms with Crippen molar-refractivity contribution in [2.45, 2.75) is 43.7 Å². The first-order chi connectivity index (χ1) is 9.96. The van der Waals surface area contributed by atoms with Crippen LogP contribution in [0.15, 0.2) is 24.3 Å². The third kappa shape index (κ3) is 1.67. The number of hydrogen-bond donors (Lipinski definition) is 1. The molecule has 4 bridgehead atoms. The Morgan fingerprint density at radius 2 is 1.71 bits per heavy atom. The molecule has 4 fully saturated rings. The summed E-state index contributed by atoms with van der Waals surface area (Å²) in [6.07, 6.45) is 2.35. The number of carboxylic acid groups (broad SMARTS) is 1. The summed E-state index contributed by atoms with van der Waals surface area (Å²) in [7, 11) is 0. The van der Waals surface area contributed by atoms with Crippen molar-refractivity contribution in [2.75, 3.05) is 0 Å². The lowest BCUT2D eigenvalue weighted by Gasteiger charge is -2.62. The molecule has 0 aliphatic heterocycles. The zero-order valence-electron chi connectivity index (χ0n) is 11.7. The minimum absolute atomic E-state index is 0.344. The zero-order valence-corrected chi connectivity index (χ0v) is 12.4. The summed E-state index contributed by atoms with van der Waals surface area (Å²) < 4.78 is 15.4. The second-order valence-electron chi connectivity index (χ2n) is 7.27. The van der Waals surface area contributed by atoms with Gasteiger partial charge in [0.05, 0.1) is 0 Å². The molecule has 112 valence electrons. The second kappa shape index (κ2) is 4.22. The molecule has 0 heterocycles. The summed E-state index contributed by atoms with van der Waals surface area (Å²) in [4.78, 5) is 11.8. The van der Waals surface area contributed by atoms with E-state index in [0.29, 0.717) is 29.7 Å². The highest BCUT2D eigenvalue weighted by molar-refractivity contribution is 6.30. The highest BCUT2D eigenvalue weighted by atomic mass is 35.5. The van der Waals surface area contributed by atoms with Crippen LogP contribution in [0.4, 0.5) is 4.39 Å². The number of carbonyl (C=O) groups is 1. The SMILES string of the molecule is O=C(O)C12CC3CC(C1)CC(c1ccc(Cl)cc1)(C3)C2F. The van der Waals surface area contributed by atoms with Crippen molar-refractivity contribution in [1.82, 2.24) is 0 Å². The van der Waals surface area contributed by atoms with Crippen molar-refractivity contribution in [1.29, 1.82) is 0 Å². The Bertz CT molecular complexity index is 583. The fourth-order valence-electron chi connectivity index (χ4n) is 5.57. The van der Waals surface area contributed by atoms with Gasteiger partial charge in [-0.3, -0.25) is 4.79 Å². The Morgan fingerprint density at radius 3 is 2.24 bits per heavy atom. The Labute approximate surface area is 128 Å². The smallest absolute Gasteiger partial charge is 0.312 e. The molecule has 0 aromatic heterocycles. The van der Waals surface area contributed by atoms with E-state index in [0.717, 1.165) is 24.8 Å². The van der Waals surface area contributed by atoms with Crippen LogP contribution in [0, 0.1) is 17.3 Å². The maximum Gasteiger partial charge on any atom is 0.312 e. The third-order valence-corrected chi connectivity index (χ3v) is 6.35. The van der Waals surface area contributed by atoms with E-state index < -0.39 is 23.0 Å². The lowest BCUT2D eigenvalue weighted by molar-refractivity contribution is -0.185. The average molecular weight is 309 g/mol. The molecule has 0 amide bonds. The topological polar surface area (TPSA) is 37.3 Å². The van der Waals surface area contributed by atoms with Crippen LogP contribution in [-0.4, -0.2) is 17.2 Å². The molecule has 4 aliphatic rings. The lowest BCUT2D eigenvalue weighted by atomic mass is 9.42. The quantitative estimate of drug-likeness (QED) is 0.888. The first kappa shape index (κ1) is 13.6. The number of halogens is 2. The first-order valence-electron chi connectivity index (χ1n) is 7.60. The van der Waals surface area contributed by atoms with Gasteiger partial charge in [-0.15, -0.1) is 0 Å². The van der Waals surface area contributed by atoms with E-state index >= 15 is 4.39 Å². The van der Waals surface area contributed by atoms with Gasteiger partial charge in [-0.2, -0.15) is 0 Å². The summed E-state index contributed by atoms with van der Waals surface area (Å²) in [6, 6.07) is 7.35. The van der Waals surface area contributed by atoms with Crippen molar-refractivity contribution < 1.29 is 14.3 Å². The van der Waals surface area contributed by atoms with Gasteiger partial charge in [0.15, 0.2) is 0 Å². The van der Waals surface area contributed by atoms with Gasteiger partial charge < -0.3 is 5.11 Å². The summed E-state index contributed by atoms with van der Waals surface area (Å²) >= 11 is 5.95. The molecule has 2 nitrogen and oxygen atoms in total. The van der Waals surface area contributed by atoms with E-state index in [-0.39, 0.29) is 0 Å². The third-order valence-electron chi connectivity index (χ3n) is 6.09. The van der Waals surface area contributed by atoms with E-state index in [1.165, 1.54) is 0 Å². The molecular formula is C17H18ClFO2. The molecule has 4 aliphatic carbocycles. The Hall–Kier alpha value is -1.09. The predicted octanol–water partition coefficient (Wildman–Crippen LogP) is 4.21. The van der Waals surface area contributed by atoms with Crippen molar-refractivity contribution in [3.8, 4) is 0 Å². The van der Waals surface area contributed by atoms with Gasteiger partial charge in [0.25, 0.3) is 0 Å². The predicted molar refractivity (Wildman–Crippen MR) is 78.2 cm³/mol. The number of aliphatic carboxylic acids is 1. The molecule has 1 N–H and O–H groups in total. The number of hydrogen-bond acceptors (Lipinski definition) is 1. The maximum atomic E-state index is 15.4. The van der Waals surface area contributed by atoms with E-state index in [1.807, 2.05) is 12.1 Å². The maximum absolute atomic E-state index is 15.4. The van der Waals surface area contributed by atoms with Crippen LogP contribution in [0.5, 0.6) is 0 Å². The summed E-state index contributed by atoms with van der Waals surface area (Å²) in [6.45, 7) is 0. The molecule has 1 aromatic carbocycles. The van der Waals surface area contributed by atoms with Crippen molar-refractivity contribution in [2.24, 2.45) is 17.3 Å². The Kier molecular flexibility index (Phi) is 2.73. The lowest BCUT2D eigenvalue weighted by Crippen LogP contribution is -2.64. The van der Waals surface area contributed by atoms with Crippen LogP contribution in [0.25, 0.3) is 0 Å². The van der Waals surface area contributed by atoms with Gasteiger partial charge in [-0.25, -0.2) is 4.39 Å². The van der Waals surface area contributed by atoms with Crippen LogP contribution >= 0.6 is 11.6 Å². The Morgan fingerprint density at radius 1 is 1.14 bits per heavy atom. The number of benzene rings is 1. The van der Waals surface area contributed by atoms with E-state index in [4.69, 9.17) is 11.6 Å². The minimum Gasteiger partial charge on any atom is -0.481 e. The van der Waals surface area contributed by atoms with Gasteiger partial charge in [0, 0.05) is 10.4 Å². The molecule has 0 saturated heterocycles. The first-order valence-corrected chi connectivity index (χ1v) is 7.98. The summed E-state index contributed by atoms with van der Waals surface area (Å²) in [5.41, 5.74) is -0.851.